The van der Waals surface area contributed by atoms with E-state index >= 15 is 0 Å². The van der Waals surface area contributed by atoms with Gasteiger partial charge in [-0.1, -0.05) is 11.2 Å². The van der Waals surface area contributed by atoms with Crippen LogP contribution in [0, 0.1) is 12.3 Å². The molecule has 9 nitrogen and oxygen atoms in total. The lowest BCUT2D eigenvalue weighted by molar-refractivity contribution is 0.298. The second kappa shape index (κ2) is 12.6. The highest BCUT2D eigenvalue weighted by atomic mass is 32.2. The summed E-state index contributed by atoms with van der Waals surface area (Å²) in [7, 11) is 1.62. The molecule has 1 atom stereocenters. The monoisotopic (exact) mass is 503 g/mol. The van der Waals surface area contributed by atoms with Gasteiger partial charge >= 0.3 is 0 Å². The van der Waals surface area contributed by atoms with Crippen molar-refractivity contribution in [2.45, 2.75) is 13.3 Å². The number of aryl methyl sites for hydroxylation is 1. The zero-order valence-electron chi connectivity index (χ0n) is 19.4. The topological polar surface area (TPSA) is 135 Å². The fourth-order valence-corrected chi connectivity index (χ4v) is 4.81. The lowest BCUT2D eigenvalue weighted by Crippen LogP contribution is -2.15. The molecule has 0 aliphatic heterocycles. The van der Waals surface area contributed by atoms with Crippen LogP contribution in [0.1, 0.15) is 11.3 Å². The number of rotatable bonds is 13. The van der Waals surface area contributed by atoms with Gasteiger partial charge in [-0.2, -0.15) is 0 Å². The molecular weight excluding hydrogens is 474 g/mol. The zero-order chi connectivity index (χ0) is 24.5. The predicted octanol–water partition coefficient (Wildman–Crippen LogP) is 3.31. The van der Waals surface area contributed by atoms with Gasteiger partial charge in [-0.25, -0.2) is 9.97 Å². The Morgan fingerprint density at radius 3 is 2.91 bits per heavy atom. The van der Waals surface area contributed by atoms with Gasteiger partial charge in [-0.05, 0) is 19.1 Å². The summed E-state index contributed by atoms with van der Waals surface area (Å²) < 4.78 is 23.6. The number of methoxy groups -OCH3 is 1. The van der Waals surface area contributed by atoms with Crippen molar-refractivity contribution in [3.8, 4) is 22.6 Å². The molecule has 0 radical (unpaired) electrons. The molecule has 2 heterocycles. The number of hydrogen-bond acceptors (Lipinski definition) is 10. The quantitative estimate of drug-likeness (QED) is 0.158. The third-order valence-electron chi connectivity index (χ3n) is 4.82. The van der Waals surface area contributed by atoms with Crippen molar-refractivity contribution >= 4 is 44.9 Å². The Morgan fingerprint density at radius 1 is 1.38 bits per heavy atom. The summed E-state index contributed by atoms with van der Waals surface area (Å²) in [5, 5.41) is 22.4. The van der Waals surface area contributed by atoms with Gasteiger partial charge in [0.2, 0.25) is 5.95 Å². The number of nitrogens with one attached hydrogen (secondary N) is 3. The first kappa shape index (κ1) is 25.8. The van der Waals surface area contributed by atoms with Crippen LogP contribution in [0.2, 0.25) is 0 Å². The molecule has 0 amide bonds. The van der Waals surface area contributed by atoms with E-state index in [4.69, 9.17) is 25.0 Å². The summed E-state index contributed by atoms with van der Waals surface area (Å²) in [6.45, 7) is 2.89. The molecule has 2 aromatic heterocycles. The fraction of sp³-hybridized carbons (Fsp3) is 0.348. The van der Waals surface area contributed by atoms with Crippen LogP contribution in [0.15, 0.2) is 36.3 Å². The molecular formula is C23H29N5O4S2. The smallest absolute Gasteiger partial charge is 0.227 e. The number of ether oxygens (including phenoxy) is 2. The molecule has 0 saturated carbocycles. The summed E-state index contributed by atoms with van der Waals surface area (Å²) in [6, 6.07) is 5.70. The van der Waals surface area contributed by atoms with Gasteiger partial charge in [0.1, 0.15) is 17.3 Å². The molecule has 0 aliphatic rings. The van der Waals surface area contributed by atoms with E-state index in [1.54, 1.807) is 37.1 Å². The van der Waals surface area contributed by atoms with Crippen LogP contribution < -0.4 is 20.1 Å². The minimum absolute atomic E-state index is 0.00685. The number of aliphatic hydroxyl groups is 1. The highest BCUT2D eigenvalue weighted by Gasteiger charge is 2.18. The number of aromatic nitrogens is 2. The average molecular weight is 504 g/mol. The van der Waals surface area contributed by atoms with Crippen LogP contribution in [0.25, 0.3) is 21.3 Å². The minimum Gasteiger partial charge on any atom is -0.617 e. The van der Waals surface area contributed by atoms with E-state index in [1.807, 2.05) is 25.1 Å². The lowest BCUT2D eigenvalue weighted by atomic mass is 10.0. The highest BCUT2D eigenvalue weighted by molar-refractivity contribution is 7.90. The van der Waals surface area contributed by atoms with Gasteiger partial charge in [0.15, 0.2) is 0 Å². The largest absolute Gasteiger partial charge is 0.617 e. The molecule has 0 aliphatic carbocycles. The number of allylic oxidation sites excluding steroid dienone is 1. The standard InChI is InChI=1S/C23H29N5O4S2/c1-15-21(18-6-5-17(11-19(18)31-2)32-9-4-10-34(3)30)22-20(33-15)14-26-23(28-22)27-16(12-24)13-25-7-8-29/h5-6,11-14,24-25,29H,4,7-10H2,1-3H3,(H,26,27,28)/b16-13+,24-12?. The molecule has 4 N–H and O–H groups in total. The number of benzene rings is 1. The molecule has 0 spiro atoms. The van der Waals surface area contributed by atoms with E-state index in [1.165, 1.54) is 0 Å². The molecule has 1 aromatic carbocycles. The Morgan fingerprint density at radius 2 is 2.21 bits per heavy atom. The van der Waals surface area contributed by atoms with Crippen LogP contribution >= 0.6 is 11.3 Å². The summed E-state index contributed by atoms with van der Waals surface area (Å²) >= 11 is 0.770. The SMILES string of the molecule is COc1cc(OCCC[S+](C)[O-])ccc1-c1c(C)sc2cnc(N/C(C=N)=C/NCCO)nc12. The molecule has 3 aromatic rings. The molecule has 0 fully saturated rings. The predicted molar refractivity (Wildman–Crippen MR) is 139 cm³/mol. The van der Waals surface area contributed by atoms with Crippen molar-refractivity contribution in [1.82, 2.24) is 15.3 Å². The third kappa shape index (κ3) is 6.60. The number of hydrogen-bond donors (Lipinski definition) is 4. The van der Waals surface area contributed by atoms with E-state index in [0.29, 0.717) is 42.0 Å². The van der Waals surface area contributed by atoms with E-state index in [-0.39, 0.29) is 6.61 Å². The molecule has 34 heavy (non-hydrogen) atoms. The van der Waals surface area contributed by atoms with E-state index < -0.39 is 11.2 Å². The fourth-order valence-electron chi connectivity index (χ4n) is 3.29. The average Bonchev–Trinajstić information content (AvgIpc) is 3.15. The van der Waals surface area contributed by atoms with Crippen LogP contribution in [-0.2, 0) is 11.2 Å². The molecule has 0 bridgehead atoms. The minimum atomic E-state index is -0.829. The number of anilines is 1. The van der Waals surface area contributed by atoms with E-state index in [2.05, 4.69) is 15.6 Å². The summed E-state index contributed by atoms with van der Waals surface area (Å²) in [6.07, 6.45) is 6.91. The van der Waals surface area contributed by atoms with Crippen molar-refractivity contribution in [2.24, 2.45) is 0 Å². The maximum absolute atomic E-state index is 11.2. The summed E-state index contributed by atoms with van der Waals surface area (Å²) in [5.41, 5.74) is 3.09. The zero-order valence-corrected chi connectivity index (χ0v) is 21.0. The van der Waals surface area contributed by atoms with Gasteiger partial charge < -0.3 is 35.2 Å². The van der Waals surface area contributed by atoms with Crippen LogP contribution in [-0.4, -0.2) is 64.7 Å². The van der Waals surface area contributed by atoms with Crippen molar-refractivity contribution < 1.29 is 19.1 Å². The van der Waals surface area contributed by atoms with Gasteiger partial charge in [0.05, 0.1) is 48.7 Å². The Balaban J connectivity index is 1.89. The Bertz CT molecular complexity index is 1150. The second-order valence-electron chi connectivity index (χ2n) is 7.33. The normalized spacial score (nSPS) is 12.4. The van der Waals surface area contributed by atoms with Gasteiger partial charge in [0.25, 0.3) is 0 Å². The highest BCUT2D eigenvalue weighted by Crippen LogP contribution is 2.42. The number of thiophene rings is 1. The first-order valence-corrected chi connectivity index (χ1v) is 13.2. The van der Waals surface area contributed by atoms with Gasteiger partial charge in [-0.15, -0.1) is 11.3 Å². The first-order chi connectivity index (χ1) is 16.5. The maximum Gasteiger partial charge on any atom is 0.227 e. The molecule has 1 unspecified atom stereocenters. The Kier molecular flexibility index (Phi) is 9.52. The molecule has 3 rings (SSSR count). The van der Waals surface area contributed by atoms with Crippen molar-refractivity contribution in [3.63, 3.8) is 0 Å². The van der Waals surface area contributed by atoms with Crippen LogP contribution in [0.3, 0.4) is 0 Å². The summed E-state index contributed by atoms with van der Waals surface area (Å²) in [4.78, 5) is 10.2. The van der Waals surface area contributed by atoms with Crippen LogP contribution in [0.5, 0.6) is 11.5 Å². The number of fused-ring (bicyclic) bond motifs is 1. The van der Waals surface area contributed by atoms with Crippen LogP contribution in [0.4, 0.5) is 5.95 Å². The Hall–Kier alpha value is -2.86. The lowest BCUT2D eigenvalue weighted by Gasteiger charge is -2.13. The first-order valence-electron chi connectivity index (χ1n) is 10.7. The van der Waals surface area contributed by atoms with E-state index in [0.717, 1.165) is 38.9 Å². The molecule has 0 saturated heterocycles. The third-order valence-corrected chi connectivity index (χ3v) is 6.71. The molecule has 11 heteroatoms. The maximum atomic E-state index is 11.2. The van der Waals surface area contributed by atoms with E-state index in [9.17, 15) is 4.55 Å². The molecule has 182 valence electrons. The second-order valence-corrected chi connectivity index (χ2v) is 10.1. The van der Waals surface area contributed by atoms with Crippen molar-refractivity contribution in [2.75, 3.05) is 44.2 Å². The number of nitrogens with zero attached hydrogens (tertiary/aromatic N) is 2. The van der Waals surface area contributed by atoms with Gasteiger partial charge in [0, 0.05) is 47.5 Å². The number of aliphatic hydroxyl groups excluding tert-OH is 1. The van der Waals surface area contributed by atoms with Gasteiger partial charge in [-0.3, -0.25) is 0 Å². The Labute approximate surface area is 205 Å². The van der Waals surface area contributed by atoms with Crippen molar-refractivity contribution in [3.05, 3.63) is 41.2 Å². The summed E-state index contributed by atoms with van der Waals surface area (Å²) in [5.74, 6) is 2.32. The van der Waals surface area contributed by atoms with Crippen molar-refractivity contribution in [1.29, 1.82) is 5.41 Å².